The summed E-state index contributed by atoms with van der Waals surface area (Å²) in [5.74, 6) is 0. The summed E-state index contributed by atoms with van der Waals surface area (Å²) in [6.07, 6.45) is 2.26. The summed E-state index contributed by atoms with van der Waals surface area (Å²) in [5.41, 5.74) is 3.93. The largest absolute Gasteiger partial charge is 0.107 e. The zero-order valence-electron chi connectivity index (χ0n) is 19.2. The number of nitrogens with one attached hydrogen (secondary N) is 1. The number of aryl methyl sites for hydroxylation is 1. The van der Waals surface area contributed by atoms with Crippen molar-refractivity contribution in [1.29, 1.82) is 0 Å². The molecule has 0 spiro atoms. The van der Waals surface area contributed by atoms with Crippen molar-refractivity contribution in [1.82, 2.24) is 4.98 Å². The van der Waals surface area contributed by atoms with E-state index in [1.54, 1.807) is 0 Å². The van der Waals surface area contributed by atoms with Crippen molar-refractivity contribution in [3.63, 3.8) is 0 Å². The summed E-state index contributed by atoms with van der Waals surface area (Å²) in [5, 5.41) is 5.39. The van der Waals surface area contributed by atoms with Crippen molar-refractivity contribution in [2.75, 3.05) is 6.66 Å². The van der Waals surface area contributed by atoms with Crippen LogP contribution in [0.5, 0.6) is 0 Å². The van der Waals surface area contributed by atoms with Gasteiger partial charge < -0.3 is 0 Å². The van der Waals surface area contributed by atoms with Gasteiger partial charge in [-0.05, 0) is 0 Å². The maximum absolute atomic E-state index is 3.93. The second-order valence-corrected chi connectivity index (χ2v) is 14.1. The van der Waals surface area contributed by atoms with Gasteiger partial charge in [0.15, 0.2) is 0 Å². The fraction of sp³-hybridized carbons (Fsp3) is 0.133. The fourth-order valence-electron chi connectivity index (χ4n) is 5.17. The Morgan fingerprint density at radius 2 is 1.12 bits per heavy atom. The van der Waals surface area contributed by atoms with E-state index in [0.717, 1.165) is 12.8 Å². The molecule has 1 N–H and O–H groups in total. The molecule has 0 unspecified atom stereocenters. The number of aromatic nitrogens is 1. The molecule has 5 aromatic rings. The van der Waals surface area contributed by atoms with Crippen LogP contribution in [0.3, 0.4) is 0 Å². The standard InChI is InChI=1S/C30H30NP.HI/c1-3-13-24-20-21-25-23-30(31-29(25)22-24)32(2,26-14-7-4-8-15-26,27-16-9-5-10-17-27)28-18-11-6-12-19-28;/h4-12,14-23,31H,3,13H2,1-2H3;1H. The van der Waals surface area contributed by atoms with Crippen LogP contribution in [0, 0.1) is 0 Å². The minimum atomic E-state index is -3.00. The molecule has 3 heteroatoms. The average Bonchev–Trinajstić information content (AvgIpc) is 3.30. The van der Waals surface area contributed by atoms with E-state index in [9.17, 15) is 0 Å². The number of rotatable bonds is 6. The van der Waals surface area contributed by atoms with Crippen LogP contribution in [0.2, 0.25) is 0 Å². The maximum Gasteiger partial charge on any atom is -0.107 e. The molecule has 0 fully saturated rings. The molecular weight excluding hydrogens is 532 g/mol. The predicted molar refractivity (Wildman–Crippen MR) is 158 cm³/mol. The van der Waals surface area contributed by atoms with E-state index < -0.39 is 6.60 Å². The van der Waals surface area contributed by atoms with E-state index in [1.165, 1.54) is 37.8 Å². The number of hydrogen-bond acceptors (Lipinski definition) is 0. The predicted octanol–water partition coefficient (Wildman–Crippen LogP) is 6.52. The zero-order chi connectivity index (χ0) is 22.0. The van der Waals surface area contributed by atoms with Crippen molar-refractivity contribution in [3.8, 4) is 0 Å². The van der Waals surface area contributed by atoms with Gasteiger partial charge in [-0.1, -0.05) is 0 Å². The van der Waals surface area contributed by atoms with Crippen LogP contribution in [0.15, 0.2) is 115 Å². The second-order valence-electron chi connectivity index (χ2n) is 8.90. The van der Waals surface area contributed by atoms with Gasteiger partial charge in [0.25, 0.3) is 0 Å². The molecule has 0 saturated heterocycles. The third-order valence-corrected chi connectivity index (χ3v) is 13.2. The van der Waals surface area contributed by atoms with Crippen molar-refractivity contribution < 1.29 is 0 Å². The van der Waals surface area contributed by atoms with Crippen LogP contribution < -0.4 is 21.3 Å². The maximum atomic E-state index is 3.93. The van der Waals surface area contributed by atoms with E-state index >= 15 is 0 Å². The Bertz CT molecular complexity index is 1240. The third kappa shape index (κ3) is 3.74. The Hall–Kier alpha value is -2.42. The van der Waals surface area contributed by atoms with E-state index in [2.05, 4.69) is 134 Å². The monoisotopic (exact) mass is 563 g/mol. The molecule has 0 amide bonds. The Morgan fingerprint density at radius 3 is 1.58 bits per heavy atom. The Balaban J connectivity index is 0.00000259. The molecule has 0 saturated carbocycles. The van der Waals surface area contributed by atoms with Crippen molar-refractivity contribution in [2.24, 2.45) is 0 Å². The van der Waals surface area contributed by atoms with Gasteiger partial charge in [0.05, 0.1) is 0 Å². The summed E-state index contributed by atoms with van der Waals surface area (Å²) >= 11 is 0. The normalized spacial score (nSPS) is 12.6. The average molecular weight is 563 g/mol. The quantitative estimate of drug-likeness (QED) is 0.179. The SMILES string of the molecule is CCCc1ccc2cc(P(C)(c3ccccc3)(c3ccccc3)c3ccccc3)[nH]c2c1.I. The summed E-state index contributed by atoms with van der Waals surface area (Å²) in [4.78, 5) is 3.93. The first-order chi connectivity index (χ1) is 15.6. The molecule has 0 bridgehead atoms. The summed E-state index contributed by atoms with van der Waals surface area (Å²) in [6.45, 7) is 1.74. The van der Waals surface area contributed by atoms with Gasteiger partial charge in [-0.2, -0.15) is 0 Å². The van der Waals surface area contributed by atoms with Gasteiger partial charge >= 0.3 is 191 Å². The smallest absolute Gasteiger partial charge is 0.107 e. The zero-order valence-corrected chi connectivity index (χ0v) is 22.5. The Labute approximate surface area is 214 Å². The first-order valence-corrected chi connectivity index (χ1v) is 14.1. The van der Waals surface area contributed by atoms with Gasteiger partial charge in [0.2, 0.25) is 0 Å². The Morgan fingerprint density at radius 1 is 0.636 bits per heavy atom. The summed E-state index contributed by atoms with van der Waals surface area (Å²) < 4.78 is 0. The van der Waals surface area contributed by atoms with E-state index in [0.29, 0.717) is 0 Å². The fourth-order valence-corrected chi connectivity index (χ4v) is 10.5. The number of aromatic amines is 1. The molecule has 0 aliphatic carbocycles. The van der Waals surface area contributed by atoms with E-state index in [-0.39, 0.29) is 24.0 Å². The molecule has 1 nitrogen and oxygen atoms in total. The molecule has 0 radical (unpaired) electrons. The van der Waals surface area contributed by atoms with Crippen molar-refractivity contribution in [3.05, 3.63) is 121 Å². The van der Waals surface area contributed by atoms with Crippen molar-refractivity contribution in [2.45, 2.75) is 19.8 Å². The molecule has 33 heavy (non-hydrogen) atoms. The van der Waals surface area contributed by atoms with Gasteiger partial charge in [0, 0.05) is 0 Å². The van der Waals surface area contributed by atoms with Crippen LogP contribution in [0.4, 0.5) is 0 Å². The minimum absolute atomic E-state index is 0. The van der Waals surface area contributed by atoms with Gasteiger partial charge in [-0.15, -0.1) is 24.0 Å². The van der Waals surface area contributed by atoms with Crippen molar-refractivity contribution >= 4 is 62.8 Å². The number of benzene rings is 4. The molecule has 168 valence electrons. The minimum Gasteiger partial charge on any atom is -0.107 e. The number of halogens is 1. The van der Waals surface area contributed by atoms with E-state index in [1.807, 2.05) is 0 Å². The first kappa shape index (κ1) is 23.7. The van der Waals surface area contributed by atoms with Gasteiger partial charge in [-0.25, -0.2) is 0 Å². The van der Waals surface area contributed by atoms with Gasteiger partial charge in [-0.3, -0.25) is 0 Å². The molecule has 0 atom stereocenters. The molecule has 1 aromatic heterocycles. The first-order valence-electron chi connectivity index (χ1n) is 11.4. The van der Waals surface area contributed by atoms with Crippen LogP contribution in [-0.2, 0) is 6.42 Å². The Kier molecular flexibility index (Phi) is 6.79. The molecular formula is C30H31INP. The van der Waals surface area contributed by atoms with Crippen LogP contribution in [0.25, 0.3) is 10.9 Å². The van der Waals surface area contributed by atoms with Crippen LogP contribution in [-0.4, -0.2) is 11.6 Å². The van der Waals surface area contributed by atoms with E-state index in [4.69, 9.17) is 0 Å². The summed E-state index contributed by atoms with van der Waals surface area (Å²) in [6, 6.07) is 42.6. The molecule has 1 heterocycles. The molecule has 5 rings (SSSR count). The molecule has 0 aliphatic rings. The van der Waals surface area contributed by atoms with Crippen LogP contribution in [0.1, 0.15) is 18.9 Å². The van der Waals surface area contributed by atoms with Gasteiger partial charge in [0.1, 0.15) is 0 Å². The third-order valence-electron chi connectivity index (χ3n) is 7.02. The number of hydrogen-bond donors (Lipinski definition) is 1. The van der Waals surface area contributed by atoms with Crippen LogP contribution >= 0.6 is 30.6 Å². The second kappa shape index (κ2) is 9.44. The summed E-state index contributed by atoms with van der Waals surface area (Å²) in [7, 11) is 0. The number of H-pyrrole nitrogens is 1. The topological polar surface area (TPSA) is 15.8 Å². The molecule has 4 aromatic carbocycles. The number of fused-ring (bicyclic) bond motifs is 1. The molecule has 0 aliphatic heterocycles.